The highest BCUT2D eigenvalue weighted by Gasteiger charge is 2.23. The van der Waals surface area contributed by atoms with Crippen LogP contribution >= 0.6 is 0 Å². The molecule has 2 aromatic carbocycles. The second-order valence-electron chi connectivity index (χ2n) is 5.51. The minimum atomic E-state index is -0.657. The van der Waals surface area contributed by atoms with Crippen molar-refractivity contribution < 1.29 is 24.5 Å². The van der Waals surface area contributed by atoms with Crippen LogP contribution in [0.2, 0.25) is 0 Å². The Hall–Kier alpha value is -3.45. The maximum absolute atomic E-state index is 12.4. The highest BCUT2D eigenvalue weighted by molar-refractivity contribution is 6.08. The maximum atomic E-state index is 12.4. The van der Waals surface area contributed by atoms with Gasteiger partial charge in [0.15, 0.2) is 5.75 Å². The van der Waals surface area contributed by atoms with Crippen LogP contribution in [0.5, 0.6) is 23.1 Å². The van der Waals surface area contributed by atoms with Gasteiger partial charge in [-0.2, -0.15) is 0 Å². The second kappa shape index (κ2) is 7.62. The summed E-state index contributed by atoms with van der Waals surface area (Å²) in [7, 11) is 1.44. The van der Waals surface area contributed by atoms with E-state index in [0.29, 0.717) is 17.2 Å². The zero-order valence-electron chi connectivity index (χ0n) is 14.0. The summed E-state index contributed by atoms with van der Waals surface area (Å²) < 4.78 is 10.6. The number of hydrogen-bond acceptors (Lipinski definition) is 5. The lowest BCUT2D eigenvalue weighted by molar-refractivity contribution is 0.102. The van der Waals surface area contributed by atoms with Crippen LogP contribution in [-0.4, -0.2) is 28.2 Å². The first kappa shape index (κ1) is 17.4. The predicted molar refractivity (Wildman–Crippen MR) is 95.7 cm³/mol. The molecule has 4 N–H and O–H groups in total. The molecule has 1 heterocycles. The van der Waals surface area contributed by atoms with Crippen molar-refractivity contribution in [3.05, 3.63) is 65.9 Å². The first-order valence-corrected chi connectivity index (χ1v) is 7.84. The molecule has 0 unspecified atom stereocenters. The van der Waals surface area contributed by atoms with Gasteiger partial charge in [-0.25, -0.2) is 0 Å². The Morgan fingerprint density at radius 3 is 2.54 bits per heavy atom. The Labute approximate surface area is 149 Å². The van der Waals surface area contributed by atoms with E-state index in [0.717, 1.165) is 0 Å². The molecule has 3 aromatic rings. The summed E-state index contributed by atoms with van der Waals surface area (Å²) in [6.45, 7) is 0.0348. The molecular weight excluding hydrogens is 336 g/mol. The predicted octanol–water partition coefficient (Wildman–Crippen LogP) is 3.62. The number of nitrogens with one attached hydrogen (secondary N) is 2. The minimum absolute atomic E-state index is 0.0348. The molecular formula is C19H18N2O5. The van der Waals surface area contributed by atoms with Gasteiger partial charge in [-0.1, -0.05) is 24.3 Å². The molecule has 0 fully saturated rings. The van der Waals surface area contributed by atoms with Gasteiger partial charge in [0, 0.05) is 18.9 Å². The monoisotopic (exact) mass is 354 g/mol. The van der Waals surface area contributed by atoms with Gasteiger partial charge in [-0.3, -0.25) is 4.79 Å². The maximum Gasteiger partial charge on any atom is 0.264 e. The quantitative estimate of drug-likeness (QED) is 0.541. The average molecular weight is 354 g/mol. The van der Waals surface area contributed by atoms with Crippen LogP contribution in [-0.2, 0) is 11.3 Å². The van der Waals surface area contributed by atoms with Gasteiger partial charge in [-0.15, -0.1) is 0 Å². The van der Waals surface area contributed by atoms with E-state index in [2.05, 4.69) is 10.3 Å². The third kappa shape index (κ3) is 3.79. The van der Waals surface area contributed by atoms with E-state index in [4.69, 9.17) is 9.47 Å². The molecule has 0 saturated heterocycles. The van der Waals surface area contributed by atoms with E-state index in [1.54, 1.807) is 24.3 Å². The van der Waals surface area contributed by atoms with Crippen LogP contribution in [0.1, 0.15) is 16.1 Å². The van der Waals surface area contributed by atoms with Crippen molar-refractivity contribution in [1.82, 2.24) is 4.98 Å². The number of carbonyl (C=O) groups is 1. The number of amides is 1. The molecule has 1 aromatic heterocycles. The summed E-state index contributed by atoms with van der Waals surface area (Å²) >= 11 is 0. The Balaban J connectivity index is 1.77. The van der Waals surface area contributed by atoms with E-state index in [1.807, 2.05) is 30.3 Å². The van der Waals surface area contributed by atoms with Gasteiger partial charge in [0.25, 0.3) is 5.91 Å². The molecule has 0 radical (unpaired) electrons. The van der Waals surface area contributed by atoms with Gasteiger partial charge in [0.05, 0.1) is 12.3 Å². The summed E-state index contributed by atoms with van der Waals surface area (Å²) in [5.41, 5.74) is 0.430. The van der Waals surface area contributed by atoms with Crippen molar-refractivity contribution in [1.29, 1.82) is 0 Å². The molecule has 3 rings (SSSR count). The van der Waals surface area contributed by atoms with Crippen molar-refractivity contribution in [3.8, 4) is 23.1 Å². The summed E-state index contributed by atoms with van der Waals surface area (Å²) in [4.78, 5) is 14.9. The van der Waals surface area contributed by atoms with E-state index in [-0.39, 0.29) is 23.6 Å². The standard InChI is InChI=1S/C19H18N2O5/c1-25-11-15-17(22)16(19(24)21-15)18(23)20-12-6-5-9-14(10-12)26-13-7-3-2-4-8-13/h2-10,21-22,24H,11H2,1H3,(H,20,23). The van der Waals surface area contributed by atoms with Crippen LogP contribution in [0.4, 0.5) is 5.69 Å². The number of aromatic amines is 1. The number of carbonyl (C=O) groups excluding carboxylic acids is 1. The smallest absolute Gasteiger partial charge is 0.264 e. The highest BCUT2D eigenvalue weighted by Crippen LogP contribution is 2.32. The van der Waals surface area contributed by atoms with Crippen molar-refractivity contribution in [3.63, 3.8) is 0 Å². The number of H-pyrrole nitrogens is 1. The zero-order chi connectivity index (χ0) is 18.5. The third-order valence-electron chi connectivity index (χ3n) is 3.62. The number of anilines is 1. The van der Waals surface area contributed by atoms with Gasteiger partial charge in [0.1, 0.15) is 17.1 Å². The lowest BCUT2D eigenvalue weighted by atomic mass is 10.2. The number of hydrogen-bond donors (Lipinski definition) is 4. The summed E-state index contributed by atoms with van der Waals surface area (Å²) in [5, 5.41) is 22.6. The van der Waals surface area contributed by atoms with Crippen molar-refractivity contribution in [2.75, 3.05) is 12.4 Å². The van der Waals surface area contributed by atoms with E-state index >= 15 is 0 Å². The van der Waals surface area contributed by atoms with E-state index in [9.17, 15) is 15.0 Å². The fraction of sp³-hybridized carbons (Fsp3) is 0.105. The second-order valence-corrected chi connectivity index (χ2v) is 5.51. The van der Waals surface area contributed by atoms with Gasteiger partial charge in [-0.05, 0) is 24.3 Å². The van der Waals surface area contributed by atoms with Crippen LogP contribution in [0, 0.1) is 0 Å². The Morgan fingerprint density at radius 2 is 1.81 bits per heavy atom. The molecule has 134 valence electrons. The molecule has 7 heteroatoms. The number of methoxy groups -OCH3 is 1. The van der Waals surface area contributed by atoms with Crippen LogP contribution in [0.25, 0.3) is 0 Å². The molecule has 0 bridgehead atoms. The topological polar surface area (TPSA) is 104 Å². The fourth-order valence-electron chi connectivity index (χ4n) is 2.45. The van der Waals surface area contributed by atoms with Crippen LogP contribution in [0.15, 0.2) is 54.6 Å². The SMILES string of the molecule is COCc1[nH]c(O)c(C(=O)Nc2cccc(Oc3ccccc3)c2)c1O. The largest absolute Gasteiger partial charge is 0.505 e. The molecule has 0 spiro atoms. The van der Waals surface area contributed by atoms with Gasteiger partial charge in [0.2, 0.25) is 5.88 Å². The van der Waals surface area contributed by atoms with Crippen LogP contribution in [0.3, 0.4) is 0 Å². The Bertz CT molecular complexity index is 906. The summed E-state index contributed by atoms with van der Waals surface area (Å²) in [5.74, 6) is -0.226. The Morgan fingerprint density at radius 1 is 1.08 bits per heavy atom. The van der Waals surface area contributed by atoms with E-state index < -0.39 is 11.8 Å². The van der Waals surface area contributed by atoms with Gasteiger partial charge >= 0.3 is 0 Å². The van der Waals surface area contributed by atoms with Crippen LogP contribution < -0.4 is 10.1 Å². The first-order chi connectivity index (χ1) is 12.6. The average Bonchev–Trinajstić information content (AvgIpc) is 2.90. The summed E-state index contributed by atoms with van der Waals surface area (Å²) in [6.07, 6.45) is 0. The summed E-state index contributed by atoms with van der Waals surface area (Å²) in [6, 6.07) is 16.0. The lowest BCUT2D eigenvalue weighted by Gasteiger charge is -2.09. The number of para-hydroxylation sites is 1. The first-order valence-electron chi connectivity index (χ1n) is 7.84. The normalized spacial score (nSPS) is 10.5. The third-order valence-corrected chi connectivity index (χ3v) is 3.62. The molecule has 1 amide bonds. The van der Waals surface area contributed by atoms with Crippen molar-refractivity contribution in [2.24, 2.45) is 0 Å². The number of rotatable bonds is 6. The van der Waals surface area contributed by atoms with Gasteiger partial charge < -0.3 is 30.0 Å². The molecule has 0 aliphatic heterocycles. The molecule has 0 aliphatic carbocycles. The molecule has 0 saturated carbocycles. The van der Waals surface area contributed by atoms with Crippen molar-refractivity contribution >= 4 is 11.6 Å². The fourth-order valence-corrected chi connectivity index (χ4v) is 2.45. The number of benzene rings is 2. The molecule has 0 aliphatic rings. The molecule has 26 heavy (non-hydrogen) atoms. The lowest BCUT2D eigenvalue weighted by Crippen LogP contribution is -2.11. The number of aromatic nitrogens is 1. The number of aromatic hydroxyl groups is 2. The van der Waals surface area contributed by atoms with E-state index in [1.165, 1.54) is 7.11 Å². The molecule has 7 nitrogen and oxygen atoms in total. The molecule has 0 atom stereocenters. The zero-order valence-corrected chi connectivity index (χ0v) is 14.0. The number of ether oxygens (including phenoxy) is 2. The Kier molecular flexibility index (Phi) is 5.09. The van der Waals surface area contributed by atoms with Crippen molar-refractivity contribution in [2.45, 2.75) is 6.61 Å². The highest BCUT2D eigenvalue weighted by atomic mass is 16.5. The minimum Gasteiger partial charge on any atom is -0.505 e.